The lowest BCUT2D eigenvalue weighted by Gasteiger charge is -2.25. The zero-order valence-electron chi connectivity index (χ0n) is 11.2. The molecule has 4 rings (SSSR count). The van der Waals surface area contributed by atoms with E-state index in [4.69, 9.17) is 10.2 Å². The average Bonchev–Trinajstić information content (AvgIpc) is 3.09. The van der Waals surface area contributed by atoms with Crippen LogP contribution in [-0.4, -0.2) is 11.0 Å². The third-order valence-corrected chi connectivity index (χ3v) is 5.00. The number of oxazole rings is 1. The highest BCUT2D eigenvalue weighted by molar-refractivity contribution is 5.73. The van der Waals surface area contributed by atoms with Crippen LogP contribution < -0.4 is 5.73 Å². The standard InChI is InChI=1S/C15H15F3N2O/c16-15(17,18)9-3-4-11-10(6-9)20-14(21-11)12-7-1-2-8(5-7)13(12)19/h3-4,6-8,12-13H,1-2,5,19H2. The predicted octanol–water partition coefficient (Wildman–Crippen LogP) is 3.69. The Kier molecular flexibility index (Phi) is 2.64. The third kappa shape index (κ3) is 1.96. The highest BCUT2D eigenvalue weighted by atomic mass is 19.4. The third-order valence-electron chi connectivity index (χ3n) is 5.00. The SMILES string of the molecule is NC1C2CCC(C2)C1c1nc2cc(C(F)(F)F)ccc2o1. The first-order valence-corrected chi connectivity index (χ1v) is 7.17. The van der Waals surface area contributed by atoms with E-state index in [0.717, 1.165) is 31.4 Å². The molecular formula is C15H15F3N2O. The van der Waals surface area contributed by atoms with Gasteiger partial charge in [-0.05, 0) is 49.3 Å². The van der Waals surface area contributed by atoms with Crippen molar-refractivity contribution < 1.29 is 17.6 Å². The molecule has 0 radical (unpaired) electrons. The Balaban J connectivity index is 1.74. The number of fused-ring (bicyclic) bond motifs is 3. The van der Waals surface area contributed by atoms with Gasteiger partial charge in [-0.1, -0.05) is 0 Å². The fourth-order valence-electron chi connectivity index (χ4n) is 3.97. The second-order valence-electron chi connectivity index (χ2n) is 6.17. The minimum atomic E-state index is -4.36. The van der Waals surface area contributed by atoms with Gasteiger partial charge in [-0.3, -0.25) is 0 Å². The molecule has 0 spiro atoms. The monoisotopic (exact) mass is 296 g/mol. The molecule has 0 amide bonds. The summed E-state index contributed by atoms with van der Waals surface area (Å²) in [5, 5.41) is 0. The number of rotatable bonds is 1. The van der Waals surface area contributed by atoms with Crippen molar-refractivity contribution in [2.24, 2.45) is 17.6 Å². The summed E-state index contributed by atoms with van der Waals surface area (Å²) in [7, 11) is 0. The normalized spacial score (nSPS) is 32.2. The Labute approximate surface area is 119 Å². The lowest BCUT2D eigenvalue weighted by molar-refractivity contribution is -0.137. The van der Waals surface area contributed by atoms with Gasteiger partial charge >= 0.3 is 6.18 Å². The molecule has 2 saturated carbocycles. The van der Waals surface area contributed by atoms with Gasteiger partial charge in [0.15, 0.2) is 11.5 Å². The van der Waals surface area contributed by atoms with Gasteiger partial charge < -0.3 is 10.2 Å². The van der Waals surface area contributed by atoms with Gasteiger partial charge in [-0.2, -0.15) is 13.2 Å². The van der Waals surface area contributed by atoms with Gasteiger partial charge in [0.1, 0.15) is 5.52 Å². The molecule has 1 heterocycles. The molecule has 2 bridgehead atoms. The molecule has 4 atom stereocenters. The Morgan fingerprint density at radius 2 is 1.95 bits per heavy atom. The molecule has 4 unspecified atom stereocenters. The van der Waals surface area contributed by atoms with Crippen LogP contribution in [0.4, 0.5) is 13.2 Å². The van der Waals surface area contributed by atoms with Gasteiger partial charge in [-0.25, -0.2) is 4.98 Å². The van der Waals surface area contributed by atoms with Gasteiger partial charge in [0.05, 0.1) is 11.5 Å². The number of aromatic nitrogens is 1. The van der Waals surface area contributed by atoms with E-state index >= 15 is 0 Å². The quantitative estimate of drug-likeness (QED) is 0.873. The Bertz CT molecular complexity index is 692. The van der Waals surface area contributed by atoms with E-state index in [-0.39, 0.29) is 17.5 Å². The zero-order chi connectivity index (χ0) is 14.8. The van der Waals surface area contributed by atoms with Crippen LogP contribution in [0.25, 0.3) is 11.1 Å². The molecule has 1 aromatic heterocycles. The van der Waals surface area contributed by atoms with Crippen LogP contribution >= 0.6 is 0 Å². The maximum absolute atomic E-state index is 12.7. The van der Waals surface area contributed by atoms with Gasteiger partial charge in [0.25, 0.3) is 0 Å². The second-order valence-corrected chi connectivity index (χ2v) is 6.17. The second kappa shape index (κ2) is 4.22. The molecule has 2 aromatic rings. The number of hydrogen-bond donors (Lipinski definition) is 1. The first-order valence-electron chi connectivity index (χ1n) is 7.17. The van der Waals surface area contributed by atoms with Crippen LogP contribution in [0.15, 0.2) is 22.6 Å². The summed E-state index contributed by atoms with van der Waals surface area (Å²) in [6.07, 6.45) is -1.04. The van der Waals surface area contributed by atoms with Crippen LogP contribution in [0.5, 0.6) is 0 Å². The summed E-state index contributed by atoms with van der Waals surface area (Å²) in [6, 6.07) is 3.42. The van der Waals surface area contributed by atoms with Crippen LogP contribution in [0.3, 0.4) is 0 Å². The van der Waals surface area contributed by atoms with Crippen LogP contribution in [0.2, 0.25) is 0 Å². The predicted molar refractivity (Wildman–Crippen MR) is 70.6 cm³/mol. The molecule has 21 heavy (non-hydrogen) atoms. The van der Waals surface area contributed by atoms with E-state index in [1.54, 1.807) is 0 Å². The smallest absolute Gasteiger partial charge is 0.416 e. The number of nitrogens with zero attached hydrogens (tertiary/aromatic N) is 1. The minimum Gasteiger partial charge on any atom is -0.440 e. The summed E-state index contributed by atoms with van der Waals surface area (Å²) in [5.41, 5.74) is 6.19. The molecule has 3 nitrogen and oxygen atoms in total. The molecule has 2 aliphatic rings. The van der Waals surface area contributed by atoms with Gasteiger partial charge in [0.2, 0.25) is 0 Å². The molecule has 1 aromatic carbocycles. The highest BCUT2D eigenvalue weighted by Crippen LogP contribution is 2.52. The fourth-order valence-corrected chi connectivity index (χ4v) is 3.97. The van der Waals surface area contributed by atoms with E-state index in [1.807, 2.05) is 0 Å². The van der Waals surface area contributed by atoms with Crippen molar-refractivity contribution in [1.82, 2.24) is 4.98 Å². The highest BCUT2D eigenvalue weighted by Gasteiger charge is 2.48. The Morgan fingerprint density at radius 1 is 1.19 bits per heavy atom. The van der Waals surface area contributed by atoms with Crippen molar-refractivity contribution >= 4 is 11.1 Å². The first-order chi connectivity index (χ1) is 9.93. The molecule has 112 valence electrons. The number of alkyl halides is 3. The fraction of sp³-hybridized carbons (Fsp3) is 0.533. The van der Waals surface area contributed by atoms with Crippen molar-refractivity contribution in [2.45, 2.75) is 37.4 Å². The lowest BCUT2D eigenvalue weighted by Crippen LogP contribution is -2.34. The molecule has 6 heteroatoms. The number of nitrogens with two attached hydrogens (primary N) is 1. The van der Waals surface area contributed by atoms with Crippen LogP contribution in [0.1, 0.15) is 36.6 Å². The maximum atomic E-state index is 12.7. The van der Waals surface area contributed by atoms with Crippen molar-refractivity contribution in [3.63, 3.8) is 0 Å². The van der Waals surface area contributed by atoms with Crippen molar-refractivity contribution in [3.8, 4) is 0 Å². The average molecular weight is 296 g/mol. The largest absolute Gasteiger partial charge is 0.440 e. The molecular weight excluding hydrogens is 281 g/mol. The van der Waals surface area contributed by atoms with E-state index in [2.05, 4.69) is 4.98 Å². The van der Waals surface area contributed by atoms with Crippen LogP contribution in [-0.2, 0) is 6.18 Å². The van der Waals surface area contributed by atoms with E-state index in [9.17, 15) is 13.2 Å². The Morgan fingerprint density at radius 3 is 2.62 bits per heavy atom. The maximum Gasteiger partial charge on any atom is 0.416 e. The number of benzene rings is 1. The first kappa shape index (κ1) is 13.1. The number of halogens is 3. The van der Waals surface area contributed by atoms with E-state index in [1.165, 1.54) is 6.07 Å². The van der Waals surface area contributed by atoms with Gasteiger partial charge in [-0.15, -0.1) is 0 Å². The molecule has 2 aliphatic carbocycles. The topological polar surface area (TPSA) is 52.0 Å². The minimum absolute atomic E-state index is 0.0129. The van der Waals surface area contributed by atoms with E-state index in [0.29, 0.717) is 23.3 Å². The lowest BCUT2D eigenvalue weighted by atomic mass is 9.85. The van der Waals surface area contributed by atoms with Crippen molar-refractivity contribution in [2.75, 3.05) is 0 Å². The Hall–Kier alpha value is -1.56. The summed E-state index contributed by atoms with van der Waals surface area (Å²) in [6.45, 7) is 0. The van der Waals surface area contributed by atoms with Crippen LogP contribution in [0, 0.1) is 11.8 Å². The van der Waals surface area contributed by atoms with Crippen molar-refractivity contribution in [1.29, 1.82) is 0 Å². The number of hydrogen-bond acceptors (Lipinski definition) is 3. The molecule has 0 aliphatic heterocycles. The molecule has 0 saturated heterocycles. The zero-order valence-corrected chi connectivity index (χ0v) is 11.2. The van der Waals surface area contributed by atoms with Gasteiger partial charge in [0, 0.05) is 6.04 Å². The molecule has 2 N–H and O–H groups in total. The summed E-state index contributed by atoms with van der Waals surface area (Å²) < 4.78 is 43.9. The summed E-state index contributed by atoms with van der Waals surface area (Å²) >= 11 is 0. The van der Waals surface area contributed by atoms with E-state index < -0.39 is 11.7 Å². The van der Waals surface area contributed by atoms with Crippen molar-refractivity contribution in [3.05, 3.63) is 29.7 Å². The summed E-state index contributed by atoms with van der Waals surface area (Å²) in [4.78, 5) is 4.29. The summed E-state index contributed by atoms with van der Waals surface area (Å²) in [5.74, 6) is 1.51. The molecule has 2 fully saturated rings.